The minimum atomic E-state index is 0.0450. The van der Waals surface area contributed by atoms with Crippen LogP contribution >= 0.6 is 11.3 Å². The number of thiazole rings is 1. The summed E-state index contributed by atoms with van der Waals surface area (Å²) in [6, 6.07) is 0. The highest BCUT2D eigenvalue weighted by atomic mass is 32.1. The molecule has 0 saturated heterocycles. The van der Waals surface area contributed by atoms with Crippen LogP contribution in [0.3, 0.4) is 0 Å². The van der Waals surface area contributed by atoms with E-state index in [-0.39, 0.29) is 11.8 Å². The number of aromatic nitrogens is 1. The first-order valence-electron chi connectivity index (χ1n) is 3.85. The quantitative estimate of drug-likeness (QED) is 0.771. The van der Waals surface area contributed by atoms with Crippen molar-refractivity contribution in [2.24, 2.45) is 5.92 Å². The van der Waals surface area contributed by atoms with Crippen molar-refractivity contribution >= 4 is 17.2 Å². The van der Waals surface area contributed by atoms with Gasteiger partial charge in [-0.3, -0.25) is 4.79 Å². The highest BCUT2D eigenvalue weighted by Crippen LogP contribution is 2.00. The van der Waals surface area contributed by atoms with Crippen molar-refractivity contribution in [2.75, 3.05) is 0 Å². The van der Waals surface area contributed by atoms with Gasteiger partial charge >= 0.3 is 0 Å². The van der Waals surface area contributed by atoms with Crippen LogP contribution in [0.15, 0.2) is 10.9 Å². The second-order valence-corrected chi connectivity index (χ2v) is 3.57. The summed E-state index contributed by atoms with van der Waals surface area (Å²) in [4.78, 5) is 15.2. The molecule has 0 spiro atoms. The lowest BCUT2D eigenvalue weighted by Gasteiger charge is -2.04. The van der Waals surface area contributed by atoms with Gasteiger partial charge < -0.3 is 5.32 Å². The summed E-state index contributed by atoms with van der Waals surface area (Å²) in [5, 5.41) is 4.72. The van der Waals surface area contributed by atoms with Crippen molar-refractivity contribution in [1.82, 2.24) is 10.3 Å². The highest BCUT2D eigenvalue weighted by Gasteiger charge is 2.05. The molecule has 0 fully saturated rings. The number of carbonyl (C=O) groups excluding carboxylic acids is 1. The zero-order valence-electron chi connectivity index (χ0n) is 7.20. The normalized spacial score (nSPS) is 10.2. The molecule has 12 heavy (non-hydrogen) atoms. The SMILES string of the molecule is CC(C)C(=O)NCc1cscn1. The summed E-state index contributed by atoms with van der Waals surface area (Å²) in [6.07, 6.45) is 0. The summed E-state index contributed by atoms with van der Waals surface area (Å²) >= 11 is 1.54. The average molecular weight is 184 g/mol. The molecule has 1 N–H and O–H groups in total. The van der Waals surface area contributed by atoms with E-state index in [2.05, 4.69) is 10.3 Å². The van der Waals surface area contributed by atoms with Gasteiger partial charge in [-0.15, -0.1) is 11.3 Å². The first-order valence-corrected chi connectivity index (χ1v) is 4.79. The van der Waals surface area contributed by atoms with Crippen LogP contribution < -0.4 is 5.32 Å². The van der Waals surface area contributed by atoms with Crippen molar-refractivity contribution in [2.45, 2.75) is 20.4 Å². The fourth-order valence-corrected chi connectivity index (χ4v) is 1.27. The van der Waals surface area contributed by atoms with Crippen LogP contribution in [-0.4, -0.2) is 10.9 Å². The Hall–Kier alpha value is -0.900. The summed E-state index contributed by atoms with van der Waals surface area (Å²) in [5.74, 6) is 0.117. The van der Waals surface area contributed by atoms with Crippen LogP contribution in [0.4, 0.5) is 0 Å². The second kappa shape index (κ2) is 4.21. The molecular weight excluding hydrogens is 172 g/mol. The van der Waals surface area contributed by atoms with Crippen molar-refractivity contribution in [3.05, 3.63) is 16.6 Å². The Morgan fingerprint density at radius 1 is 1.75 bits per heavy atom. The molecule has 0 aliphatic carbocycles. The van der Waals surface area contributed by atoms with Crippen LogP contribution in [0.2, 0.25) is 0 Å². The molecule has 3 nitrogen and oxygen atoms in total. The Morgan fingerprint density at radius 2 is 2.50 bits per heavy atom. The number of nitrogens with one attached hydrogen (secondary N) is 1. The Kier molecular flexibility index (Phi) is 3.22. The van der Waals surface area contributed by atoms with E-state index in [1.165, 1.54) is 11.3 Å². The van der Waals surface area contributed by atoms with Gasteiger partial charge in [-0.25, -0.2) is 4.98 Å². The van der Waals surface area contributed by atoms with Crippen molar-refractivity contribution in [1.29, 1.82) is 0 Å². The third-order valence-electron chi connectivity index (χ3n) is 1.45. The van der Waals surface area contributed by atoms with Gasteiger partial charge in [0.15, 0.2) is 0 Å². The molecule has 1 heterocycles. The second-order valence-electron chi connectivity index (χ2n) is 2.85. The number of rotatable bonds is 3. The largest absolute Gasteiger partial charge is 0.350 e. The highest BCUT2D eigenvalue weighted by molar-refractivity contribution is 7.07. The summed E-state index contributed by atoms with van der Waals surface area (Å²) < 4.78 is 0. The van der Waals surface area contributed by atoms with Gasteiger partial charge in [-0.1, -0.05) is 13.8 Å². The van der Waals surface area contributed by atoms with Gasteiger partial charge in [0.25, 0.3) is 0 Å². The average Bonchev–Trinajstić information content (AvgIpc) is 2.51. The van der Waals surface area contributed by atoms with Gasteiger partial charge in [0.05, 0.1) is 17.7 Å². The van der Waals surface area contributed by atoms with Crippen molar-refractivity contribution < 1.29 is 4.79 Å². The molecular formula is C8H12N2OS. The third-order valence-corrected chi connectivity index (χ3v) is 2.09. The number of nitrogens with zero attached hydrogens (tertiary/aromatic N) is 1. The third kappa shape index (κ3) is 2.62. The Morgan fingerprint density at radius 3 is 3.00 bits per heavy atom. The molecule has 0 aliphatic heterocycles. The van der Waals surface area contributed by atoms with Gasteiger partial charge in [0.2, 0.25) is 5.91 Å². The molecule has 0 saturated carbocycles. The molecule has 66 valence electrons. The minimum absolute atomic E-state index is 0.0450. The standard InChI is InChI=1S/C8H12N2OS/c1-6(2)8(11)9-3-7-4-12-5-10-7/h4-6H,3H2,1-2H3,(H,9,11). The number of carbonyl (C=O) groups is 1. The van der Waals surface area contributed by atoms with E-state index in [0.717, 1.165) is 5.69 Å². The molecule has 0 aliphatic rings. The lowest BCUT2D eigenvalue weighted by Crippen LogP contribution is -2.27. The topological polar surface area (TPSA) is 42.0 Å². The summed E-state index contributed by atoms with van der Waals surface area (Å²) in [6.45, 7) is 4.28. The monoisotopic (exact) mass is 184 g/mol. The maximum atomic E-state index is 11.1. The first kappa shape index (κ1) is 9.19. The lowest BCUT2D eigenvalue weighted by molar-refractivity contribution is -0.124. The summed E-state index contributed by atoms with van der Waals surface area (Å²) in [7, 11) is 0. The predicted molar refractivity (Wildman–Crippen MR) is 48.8 cm³/mol. The Balaban J connectivity index is 2.32. The Bertz CT molecular complexity index is 244. The van der Waals surface area contributed by atoms with Crippen LogP contribution in [0.25, 0.3) is 0 Å². The maximum Gasteiger partial charge on any atom is 0.222 e. The van der Waals surface area contributed by atoms with Gasteiger partial charge in [-0.05, 0) is 0 Å². The van der Waals surface area contributed by atoms with Gasteiger partial charge in [-0.2, -0.15) is 0 Å². The molecule has 0 unspecified atom stereocenters. The maximum absolute atomic E-state index is 11.1. The first-order chi connectivity index (χ1) is 5.70. The zero-order chi connectivity index (χ0) is 8.97. The van der Waals surface area contributed by atoms with E-state index in [1.54, 1.807) is 5.51 Å². The predicted octanol–water partition coefficient (Wildman–Crippen LogP) is 1.42. The molecule has 0 bridgehead atoms. The van der Waals surface area contributed by atoms with Gasteiger partial charge in [0, 0.05) is 11.3 Å². The molecule has 0 radical (unpaired) electrons. The molecule has 1 aromatic heterocycles. The van der Waals surface area contributed by atoms with E-state index in [4.69, 9.17) is 0 Å². The van der Waals surface area contributed by atoms with E-state index >= 15 is 0 Å². The van der Waals surface area contributed by atoms with E-state index in [0.29, 0.717) is 6.54 Å². The molecule has 0 atom stereocenters. The van der Waals surface area contributed by atoms with Crippen LogP contribution in [0.5, 0.6) is 0 Å². The molecule has 1 aromatic rings. The fourth-order valence-electron chi connectivity index (χ4n) is 0.707. The van der Waals surface area contributed by atoms with E-state index in [9.17, 15) is 4.79 Å². The molecule has 1 amide bonds. The summed E-state index contributed by atoms with van der Waals surface area (Å²) in [5.41, 5.74) is 2.69. The number of amides is 1. The van der Waals surface area contributed by atoms with E-state index in [1.807, 2.05) is 19.2 Å². The molecule has 1 rings (SSSR count). The molecule has 0 aromatic carbocycles. The number of hydrogen-bond acceptors (Lipinski definition) is 3. The Labute approximate surface area is 75.8 Å². The fraction of sp³-hybridized carbons (Fsp3) is 0.500. The zero-order valence-corrected chi connectivity index (χ0v) is 8.02. The number of hydrogen-bond donors (Lipinski definition) is 1. The van der Waals surface area contributed by atoms with Crippen LogP contribution in [0, 0.1) is 5.92 Å². The van der Waals surface area contributed by atoms with Crippen molar-refractivity contribution in [3.8, 4) is 0 Å². The lowest BCUT2D eigenvalue weighted by atomic mass is 10.2. The van der Waals surface area contributed by atoms with Crippen LogP contribution in [0.1, 0.15) is 19.5 Å². The van der Waals surface area contributed by atoms with Crippen molar-refractivity contribution in [3.63, 3.8) is 0 Å². The minimum Gasteiger partial charge on any atom is -0.350 e. The van der Waals surface area contributed by atoms with Gasteiger partial charge in [0.1, 0.15) is 0 Å². The smallest absolute Gasteiger partial charge is 0.222 e. The molecule has 4 heteroatoms. The van der Waals surface area contributed by atoms with E-state index < -0.39 is 0 Å². The van der Waals surface area contributed by atoms with Crippen LogP contribution in [-0.2, 0) is 11.3 Å².